The molecule has 0 atom stereocenters. The van der Waals surface area contributed by atoms with E-state index in [4.69, 9.17) is 11.6 Å². The van der Waals surface area contributed by atoms with E-state index in [1.165, 1.54) is 47.6 Å². The minimum absolute atomic E-state index is 0.0366. The Morgan fingerprint density at radius 2 is 1.77 bits per heavy atom. The Morgan fingerprint density at radius 3 is 2.39 bits per heavy atom. The van der Waals surface area contributed by atoms with E-state index >= 15 is 0 Å². The molecule has 0 bridgehead atoms. The topological polar surface area (TPSA) is 130 Å². The summed E-state index contributed by atoms with van der Waals surface area (Å²) in [7, 11) is -3.87. The van der Waals surface area contributed by atoms with Gasteiger partial charge in [0.05, 0.1) is 20.5 Å². The van der Waals surface area contributed by atoms with Gasteiger partial charge in [-0.3, -0.25) is 19.7 Å². The first-order chi connectivity index (χ1) is 14.6. The van der Waals surface area contributed by atoms with Crippen LogP contribution in [-0.4, -0.2) is 60.5 Å². The maximum absolute atomic E-state index is 13.0. The van der Waals surface area contributed by atoms with E-state index < -0.39 is 20.9 Å². The minimum atomic E-state index is -3.87. The third kappa shape index (κ3) is 5.01. The maximum atomic E-state index is 13.0. The lowest BCUT2D eigenvalue weighted by atomic mass is 10.2. The van der Waals surface area contributed by atoms with E-state index in [0.717, 1.165) is 6.07 Å². The van der Waals surface area contributed by atoms with Crippen LogP contribution < -0.4 is 5.32 Å². The number of nitro groups is 1. The number of nitro benzene ring substituents is 1. The molecule has 2 aromatic rings. The summed E-state index contributed by atoms with van der Waals surface area (Å²) < 4.78 is 27.2. The number of benzene rings is 2. The second-order valence-electron chi connectivity index (χ2n) is 6.81. The van der Waals surface area contributed by atoms with Crippen molar-refractivity contribution < 1.29 is 22.9 Å². The van der Waals surface area contributed by atoms with E-state index in [0.29, 0.717) is 13.1 Å². The third-order valence-corrected chi connectivity index (χ3v) is 7.05. The molecule has 2 aromatic carbocycles. The molecule has 3 rings (SSSR count). The largest absolute Gasteiger partial charge is 0.340 e. The Morgan fingerprint density at radius 1 is 1.10 bits per heavy atom. The molecule has 10 nitrogen and oxygen atoms in total. The molecule has 1 aliphatic rings. The molecule has 12 heteroatoms. The highest BCUT2D eigenvalue weighted by atomic mass is 35.5. The van der Waals surface area contributed by atoms with E-state index in [1.807, 2.05) is 0 Å². The Labute approximate surface area is 183 Å². The van der Waals surface area contributed by atoms with Crippen LogP contribution in [0.5, 0.6) is 0 Å². The van der Waals surface area contributed by atoms with Crippen LogP contribution in [0.1, 0.15) is 17.3 Å². The van der Waals surface area contributed by atoms with Crippen LogP contribution in [-0.2, 0) is 14.8 Å². The number of hydrogen-bond acceptors (Lipinski definition) is 6. The second-order valence-corrected chi connectivity index (χ2v) is 9.16. The normalized spacial score (nSPS) is 14.8. The molecule has 0 unspecified atom stereocenters. The summed E-state index contributed by atoms with van der Waals surface area (Å²) in [5.74, 6) is -0.781. The zero-order valence-corrected chi connectivity index (χ0v) is 18.0. The Kier molecular flexibility index (Phi) is 6.58. The van der Waals surface area contributed by atoms with Gasteiger partial charge in [-0.05, 0) is 24.3 Å². The highest BCUT2D eigenvalue weighted by Gasteiger charge is 2.29. The van der Waals surface area contributed by atoms with Gasteiger partial charge in [-0.2, -0.15) is 4.31 Å². The highest BCUT2D eigenvalue weighted by Crippen LogP contribution is 2.27. The van der Waals surface area contributed by atoms with Crippen molar-refractivity contribution in [3.63, 3.8) is 0 Å². The number of piperazine rings is 1. The summed E-state index contributed by atoms with van der Waals surface area (Å²) in [6.45, 7) is 2.32. The average Bonchev–Trinajstić information content (AvgIpc) is 2.75. The van der Waals surface area contributed by atoms with Crippen molar-refractivity contribution in [2.75, 3.05) is 31.5 Å². The minimum Gasteiger partial charge on any atom is -0.340 e. The van der Waals surface area contributed by atoms with Gasteiger partial charge in [0.25, 0.3) is 11.6 Å². The van der Waals surface area contributed by atoms with Crippen LogP contribution in [0.25, 0.3) is 0 Å². The number of amides is 2. The fraction of sp³-hybridized carbons (Fsp3) is 0.263. The van der Waals surface area contributed by atoms with Gasteiger partial charge in [-0.15, -0.1) is 0 Å². The first kappa shape index (κ1) is 22.7. The molecule has 164 valence electrons. The monoisotopic (exact) mass is 466 g/mol. The first-order valence-corrected chi connectivity index (χ1v) is 11.0. The van der Waals surface area contributed by atoms with Gasteiger partial charge >= 0.3 is 0 Å². The molecule has 2 amide bonds. The number of nitrogens with zero attached hydrogens (tertiary/aromatic N) is 3. The molecule has 0 saturated carbocycles. The van der Waals surface area contributed by atoms with Gasteiger partial charge in [0.1, 0.15) is 0 Å². The average molecular weight is 467 g/mol. The zero-order chi connectivity index (χ0) is 22.8. The van der Waals surface area contributed by atoms with Crippen molar-refractivity contribution in [1.29, 1.82) is 0 Å². The number of halogens is 1. The van der Waals surface area contributed by atoms with Crippen LogP contribution >= 0.6 is 11.6 Å². The lowest BCUT2D eigenvalue weighted by Gasteiger charge is -2.33. The molecule has 0 spiro atoms. The van der Waals surface area contributed by atoms with Gasteiger partial charge < -0.3 is 10.2 Å². The van der Waals surface area contributed by atoms with Crippen LogP contribution in [0.4, 0.5) is 11.4 Å². The summed E-state index contributed by atoms with van der Waals surface area (Å²) in [5.41, 5.74) is -0.166. The van der Waals surface area contributed by atoms with Crippen LogP contribution in [0.3, 0.4) is 0 Å². The summed E-state index contributed by atoms with van der Waals surface area (Å²) in [6, 6.07) is 9.08. The lowest BCUT2D eigenvalue weighted by molar-refractivity contribution is -0.384. The number of non-ortho nitro benzene ring substituents is 1. The van der Waals surface area contributed by atoms with E-state index in [-0.39, 0.29) is 45.9 Å². The number of hydrogen-bond donors (Lipinski definition) is 1. The number of carbonyl (C=O) groups excluding carboxylic acids is 2. The van der Waals surface area contributed by atoms with E-state index in [1.54, 1.807) is 4.90 Å². The van der Waals surface area contributed by atoms with Crippen LogP contribution in [0.2, 0.25) is 5.02 Å². The number of sulfonamides is 1. The SMILES string of the molecule is CC(=O)N1CCN(S(=O)(=O)c2cccc(C(=O)Nc3cc([N+](=O)[O-])ccc3Cl)c2)CC1. The maximum Gasteiger partial charge on any atom is 0.271 e. The summed E-state index contributed by atoms with van der Waals surface area (Å²) in [5, 5.41) is 13.5. The number of nitrogens with one attached hydrogen (secondary N) is 1. The number of rotatable bonds is 5. The van der Waals surface area contributed by atoms with Crippen molar-refractivity contribution in [3.05, 3.63) is 63.2 Å². The van der Waals surface area contributed by atoms with Crippen LogP contribution in [0, 0.1) is 10.1 Å². The predicted molar refractivity (Wildman–Crippen MR) is 114 cm³/mol. The fourth-order valence-corrected chi connectivity index (χ4v) is 4.74. The van der Waals surface area contributed by atoms with Crippen molar-refractivity contribution in [2.45, 2.75) is 11.8 Å². The van der Waals surface area contributed by atoms with Gasteiger partial charge in [0, 0.05) is 50.8 Å². The molecule has 0 radical (unpaired) electrons. The molecule has 1 N–H and O–H groups in total. The molecule has 31 heavy (non-hydrogen) atoms. The smallest absolute Gasteiger partial charge is 0.271 e. The Balaban J connectivity index is 1.80. The quantitative estimate of drug-likeness (QED) is 0.531. The molecule has 0 aliphatic carbocycles. The van der Waals surface area contributed by atoms with Crippen molar-refractivity contribution in [3.8, 4) is 0 Å². The Hall–Kier alpha value is -3.02. The van der Waals surface area contributed by atoms with Crippen LogP contribution in [0.15, 0.2) is 47.4 Å². The van der Waals surface area contributed by atoms with Gasteiger partial charge in [-0.25, -0.2) is 8.42 Å². The van der Waals surface area contributed by atoms with Gasteiger partial charge in [0.15, 0.2) is 0 Å². The molecular weight excluding hydrogens is 448 g/mol. The molecule has 1 fully saturated rings. The molecule has 0 aromatic heterocycles. The zero-order valence-electron chi connectivity index (χ0n) is 16.4. The molecular formula is C19H19ClN4O6S. The van der Waals surface area contributed by atoms with Crippen molar-refractivity contribution >= 4 is 44.8 Å². The fourth-order valence-electron chi connectivity index (χ4n) is 3.11. The first-order valence-electron chi connectivity index (χ1n) is 9.20. The van der Waals surface area contributed by atoms with Crippen molar-refractivity contribution in [2.24, 2.45) is 0 Å². The molecule has 1 heterocycles. The number of anilines is 1. The molecule has 1 aliphatic heterocycles. The van der Waals surface area contributed by atoms with Gasteiger partial charge in [-0.1, -0.05) is 17.7 Å². The predicted octanol–water partition coefficient (Wildman–Crippen LogP) is 2.35. The van der Waals surface area contributed by atoms with E-state index in [2.05, 4.69) is 5.32 Å². The van der Waals surface area contributed by atoms with Crippen molar-refractivity contribution in [1.82, 2.24) is 9.21 Å². The summed E-state index contributed by atoms with van der Waals surface area (Å²) in [6.07, 6.45) is 0. The Bertz CT molecular complexity index is 1150. The highest BCUT2D eigenvalue weighted by molar-refractivity contribution is 7.89. The lowest BCUT2D eigenvalue weighted by Crippen LogP contribution is -2.49. The third-order valence-electron chi connectivity index (χ3n) is 4.83. The summed E-state index contributed by atoms with van der Waals surface area (Å²) >= 11 is 6.00. The second kappa shape index (κ2) is 9.00. The summed E-state index contributed by atoms with van der Waals surface area (Å²) in [4.78, 5) is 35.9. The number of carbonyl (C=O) groups is 2. The van der Waals surface area contributed by atoms with E-state index in [9.17, 15) is 28.1 Å². The van der Waals surface area contributed by atoms with Gasteiger partial charge in [0.2, 0.25) is 15.9 Å². The standard InChI is InChI=1S/C19H19ClN4O6S/c1-13(25)22-7-9-23(10-8-22)31(29,30)16-4-2-3-14(11-16)19(26)21-18-12-15(24(27)28)5-6-17(18)20/h2-6,11-12H,7-10H2,1H3,(H,21,26). The molecule has 1 saturated heterocycles.